The molecule has 2 fully saturated rings. The highest BCUT2D eigenvalue weighted by Crippen LogP contribution is 2.38. The van der Waals surface area contributed by atoms with Crippen molar-refractivity contribution in [3.63, 3.8) is 0 Å². The van der Waals surface area contributed by atoms with E-state index in [1.165, 1.54) is 0 Å². The largest absolute Gasteiger partial charge is 0.370 e. The van der Waals surface area contributed by atoms with Gasteiger partial charge in [-0.15, -0.1) is 0 Å². The fraction of sp³-hybridized carbons (Fsp3) is 0.842. The van der Waals surface area contributed by atoms with Crippen molar-refractivity contribution in [2.75, 3.05) is 32.7 Å². The van der Waals surface area contributed by atoms with Gasteiger partial charge in [-0.05, 0) is 37.0 Å². The molecular formula is C19H34N4O3. The summed E-state index contributed by atoms with van der Waals surface area (Å²) in [4.78, 5) is 40.1. The summed E-state index contributed by atoms with van der Waals surface area (Å²) in [5.41, 5.74) is 5.32. The van der Waals surface area contributed by atoms with Crippen molar-refractivity contribution in [1.82, 2.24) is 15.1 Å². The molecule has 148 valence electrons. The highest BCUT2D eigenvalue weighted by molar-refractivity contribution is 5.88. The SMILES string of the molecule is CCC1(CC(N)=O)CCN(C(=O)CN2CCNC(CC(C)C)C2=O)CC1. The van der Waals surface area contributed by atoms with Crippen LogP contribution >= 0.6 is 0 Å². The number of carbonyl (C=O) groups is 3. The van der Waals surface area contributed by atoms with Gasteiger partial charge in [0.05, 0.1) is 12.6 Å². The zero-order chi connectivity index (χ0) is 19.3. The number of nitrogens with two attached hydrogens (primary N) is 1. The fourth-order valence-electron chi connectivity index (χ4n) is 4.12. The van der Waals surface area contributed by atoms with Gasteiger partial charge in [-0.2, -0.15) is 0 Å². The second-order valence-corrected chi connectivity index (χ2v) is 8.27. The van der Waals surface area contributed by atoms with E-state index < -0.39 is 0 Å². The van der Waals surface area contributed by atoms with Crippen molar-refractivity contribution in [3.05, 3.63) is 0 Å². The van der Waals surface area contributed by atoms with Crippen LogP contribution in [0, 0.1) is 11.3 Å². The molecule has 26 heavy (non-hydrogen) atoms. The lowest BCUT2D eigenvalue weighted by atomic mass is 9.73. The number of nitrogens with zero attached hydrogens (tertiary/aromatic N) is 2. The number of hydrogen-bond donors (Lipinski definition) is 2. The molecule has 2 heterocycles. The minimum atomic E-state index is -0.269. The maximum Gasteiger partial charge on any atom is 0.242 e. The molecule has 0 aromatic rings. The predicted molar refractivity (Wildman–Crippen MR) is 100 cm³/mol. The monoisotopic (exact) mass is 366 g/mol. The average Bonchev–Trinajstić information content (AvgIpc) is 2.58. The van der Waals surface area contributed by atoms with Crippen LogP contribution in [0.15, 0.2) is 0 Å². The summed E-state index contributed by atoms with van der Waals surface area (Å²) in [6, 6.07) is -0.179. The van der Waals surface area contributed by atoms with Crippen LogP contribution in [0.1, 0.15) is 52.9 Å². The molecule has 0 spiro atoms. The van der Waals surface area contributed by atoms with Crippen LogP contribution in [0.4, 0.5) is 0 Å². The normalized spacial score (nSPS) is 23.4. The van der Waals surface area contributed by atoms with Crippen LogP contribution in [0.3, 0.4) is 0 Å². The smallest absolute Gasteiger partial charge is 0.242 e. The van der Waals surface area contributed by atoms with E-state index in [0.717, 1.165) is 32.2 Å². The van der Waals surface area contributed by atoms with Gasteiger partial charge in [0.15, 0.2) is 0 Å². The molecule has 0 aromatic heterocycles. The minimum absolute atomic E-state index is 0.00678. The molecule has 7 nitrogen and oxygen atoms in total. The molecule has 1 unspecified atom stereocenters. The second kappa shape index (κ2) is 8.84. The first kappa shape index (κ1) is 20.7. The van der Waals surface area contributed by atoms with Crippen LogP contribution in [0.25, 0.3) is 0 Å². The van der Waals surface area contributed by atoms with Crippen molar-refractivity contribution >= 4 is 17.7 Å². The molecule has 2 saturated heterocycles. The number of hydrogen-bond acceptors (Lipinski definition) is 4. The maximum absolute atomic E-state index is 12.7. The van der Waals surface area contributed by atoms with Gasteiger partial charge in [0.1, 0.15) is 0 Å². The first-order chi connectivity index (χ1) is 12.3. The maximum atomic E-state index is 12.7. The van der Waals surface area contributed by atoms with Crippen LogP contribution in [-0.2, 0) is 14.4 Å². The number of piperidine rings is 1. The summed E-state index contributed by atoms with van der Waals surface area (Å²) in [7, 11) is 0. The van der Waals surface area contributed by atoms with Gasteiger partial charge >= 0.3 is 0 Å². The highest BCUT2D eigenvalue weighted by Gasteiger charge is 2.37. The predicted octanol–water partition coefficient (Wildman–Crippen LogP) is 0.727. The molecule has 3 amide bonds. The van der Waals surface area contributed by atoms with Gasteiger partial charge in [-0.25, -0.2) is 0 Å². The van der Waals surface area contributed by atoms with Crippen molar-refractivity contribution in [2.45, 2.75) is 58.9 Å². The van der Waals surface area contributed by atoms with Crippen LogP contribution in [0.5, 0.6) is 0 Å². The van der Waals surface area contributed by atoms with Gasteiger partial charge in [-0.3, -0.25) is 14.4 Å². The quantitative estimate of drug-likeness (QED) is 0.694. The van der Waals surface area contributed by atoms with Gasteiger partial charge in [0.2, 0.25) is 17.7 Å². The number of likely N-dealkylation sites (tertiary alicyclic amines) is 1. The van der Waals surface area contributed by atoms with E-state index in [4.69, 9.17) is 5.73 Å². The Kier molecular flexibility index (Phi) is 7.03. The Labute approximate surface area is 156 Å². The number of carbonyl (C=O) groups excluding carboxylic acids is 3. The molecule has 2 aliphatic heterocycles. The minimum Gasteiger partial charge on any atom is -0.370 e. The molecule has 2 rings (SSSR count). The first-order valence-electron chi connectivity index (χ1n) is 9.84. The lowest BCUT2D eigenvalue weighted by Gasteiger charge is -2.42. The molecule has 3 N–H and O–H groups in total. The number of nitrogens with one attached hydrogen (secondary N) is 1. The van der Waals surface area contributed by atoms with E-state index in [2.05, 4.69) is 26.1 Å². The lowest BCUT2D eigenvalue weighted by molar-refractivity contribution is -0.145. The zero-order valence-corrected chi connectivity index (χ0v) is 16.4. The topological polar surface area (TPSA) is 95.7 Å². The molecule has 0 saturated carbocycles. The van der Waals surface area contributed by atoms with Crippen LogP contribution in [-0.4, -0.2) is 66.3 Å². The van der Waals surface area contributed by atoms with Crippen molar-refractivity contribution in [3.8, 4) is 0 Å². The highest BCUT2D eigenvalue weighted by atomic mass is 16.2. The van der Waals surface area contributed by atoms with E-state index in [1.807, 2.05) is 4.90 Å². The number of rotatable bonds is 7. The third-order valence-electron chi connectivity index (χ3n) is 5.89. The zero-order valence-electron chi connectivity index (χ0n) is 16.4. The van der Waals surface area contributed by atoms with Crippen LogP contribution in [0.2, 0.25) is 0 Å². The average molecular weight is 367 g/mol. The van der Waals surface area contributed by atoms with Crippen LogP contribution < -0.4 is 11.1 Å². The second-order valence-electron chi connectivity index (χ2n) is 8.27. The molecule has 1 atom stereocenters. The van der Waals surface area contributed by atoms with Gasteiger partial charge in [-0.1, -0.05) is 20.8 Å². The van der Waals surface area contributed by atoms with Crippen molar-refractivity contribution in [1.29, 1.82) is 0 Å². The van der Waals surface area contributed by atoms with E-state index in [0.29, 0.717) is 32.0 Å². The molecule has 0 radical (unpaired) electrons. The third-order valence-corrected chi connectivity index (χ3v) is 5.89. The Morgan fingerprint density at radius 1 is 1.27 bits per heavy atom. The van der Waals surface area contributed by atoms with E-state index in [-0.39, 0.29) is 35.7 Å². The standard InChI is InChI=1S/C19H34N4O3/c1-4-19(12-16(20)24)5-8-22(9-6-19)17(25)13-23-10-7-21-15(18(23)26)11-14(2)3/h14-15,21H,4-13H2,1-3H3,(H2,20,24). The van der Waals surface area contributed by atoms with Gasteiger partial charge in [0.25, 0.3) is 0 Å². The Morgan fingerprint density at radius 3 is 2.46 bits per heavy atom. The summed E-state index contributed by atoms with van der Waals surface area (Å²) in [5.74, 6) is 0.204. The molecule has 0 aliphatic carbocycles. The molecule has 0 aromatic carbocycles. The van der Waals surface area contributed by atoms with Gasteiger partial charge < -0.3 is 20.9 Å². The third kappa shape index (κ3) is 5.19. The first-order valence-corrected chi connectivity index (χ1v) is 9.84. The van der Waals surface area contributed by atoms with Crippen molar-refractivity contribution in [2.24, 2.45) is 17.1 Å². The van der Waals surface area contributed by atoms with Gasteiger partial charge in [0, 0.05) is 32.6 Å². The molecular weight excluding hydrogens is 332 g/mol. The number of primary amides is 1. The molecule has 0 bridgehead atoms. The Hall–Kier alpha value is -1.63. The van der Waals surface area contributed by atoms with E-state index >= 15 is 0 Å². The Bertz CT molecular complexity index is 527. The van der Waals surface area contributed by atoms with Crippen molar-refractivity contribution < 1.29 is 14.4 Å². The molecule has 7 heteroatoms. The summed E-state index contributed by atoms with van der Waals surface area (Å²) in [6.07, 6.45) is 3.66. The Balaban J connectivity index is 1.88. The fourth-order valence-corrected chi connectivity index (χ4v) is 4.12. The summed E-state index contributed by atoms with van der Waals surface area (Å²) in [5, 5.41) is 3.26. The van der Waals surface area contributed by atoms with E-state index in [1.54, 1.807) is 4.90 Å². The lowest BCUT2D eigenvalue weighted by Crippen LogP contribution is -2.58. The summed E-state index contributed by atoms with van der Waals surface area (Å²) < 4.78 is 0. The molecule has 2 aliphatic rings. The summed E-state index contributed by atoms with van der Waals surface area (Å²) in [6.45, 7) is 9.00. The Morgan fingerprint density at radius 2 is 1.92 bits per heavy atom. The number of amides is 3. The summed E-state index contributed by atoms with van der Waals surface area (Å²) >= 11 is 0. The van der Waals surface area contributed by atoms with E-state index in [9.17, 15) is 14.4 Å². The number of piperazine rings is 1.